The van der Waals surface area contributed by atoms with Crippen LogP contribution in [0.25, 0.3) is 98.8 Å². The van der Waals surface area contributed by atoms with Crippen molar-refractivity contribution in [3.63, 3.8) is 0 Å². The molecule has 0 radical (unpaired) electrons. The normalized spacial score (nSPS) is 12.1. The lowest BCUT2D eigenvalue weighted by Gasteiger charge is -2.11. The number of benzene rings is 8. The standard InChI is InChI=1S/C46H28N2O/c1-2-11-31-26-33(25-20-29(31)10-1)48-42-18-7-4-13-36(42)40-27-43-39(28-44(40)48)35-12-3-6-17-41(35)47(43)32-23-21-30(22-24-32)34-15-9-16-38-37-14-5-8-19-45(37)49-46(34)38/h1-28H. The molecule has 3 heteroatoms. The average molecular weight is 625 g/mol. The molecule has 0 saturated heterocycles. The molecule has 0 aliphatic carbocycles. The van der Waals surface area contributed by atoms with Gasteiger partial charge in [0.25, 0.3) is 0 Å². The van der Waals surface area contributed by atoms with Gasteiger partial charge in [-0.2, -0.15) is 0 Å². The highest BCUT2D eigenvalue weighted by molar-refractivity contribution is 6.19. The lowest BCUT2D eigenvalue weighted by Crippen LogP contribution is -1.95. The van der Waals surface area contributed by atoms with Gasteiger partial charge in [0, 0.05) is 49.3 Å². The van der Waals surface area contributed by atoms with Gasteiger partial charge in [0.05, 0.1) is 22.1 Å². The first kappa shape index (κ1) is 26.5. The van der Waals surface area contributed by atoms with E-state index in [4.69, 9.17) is 4.42 Å². The highest BCUT2D eigenvalue weighted by atomic mass is 16.3. The van der Waals surface area contributed by atoms with Gasteiger partial charge in [-0.3, -0.25) is 0 Å². The van der Waals surface area contributed by atoms with Gasteiger partial charge in [-0.25, -0.2) is 0 Å². The minimum Gasteiger partial charge on any atom is -0.455 e. The van der Waals surface area contributed by atoms with Crippen LogP contribution in [-0.4, -0.2) is 9.13 Å². The van der Waals surface area contributed by atoms with Crippen molar-refractivity contribution in [2.75, 3.05) is 0 Å². The lowest BCUT2D eigenvalue weighted by atomic mass is 10.0. The molecule has 0 atom stereocenters. The van der Waals surface area contributed by atoms with Crippen LogP contribution in [0.3, 0.4) is 0 Å². The Kier molecular flexibility index (Phi) is 5.38. The molecule has 0 spiro atoms. The van der Waals surface area contributed by atoms with Crippen LogP contribution < -0.4 is 0 Å². The summed E-state index contributed by atoms with van der Waals surface area (Å²) < 4.78 is 11.2. The fourth-order valence-electron chi connectivity index (χ4n) is 8.07. The average Bonchev–Trinajstić information content (AvgIpc) is 3.81. The predicted molar refractivity (Wildman–Crippen MR) is 205 cm³/mol. The van der Waals surface area contributed by atoms with E-state index in [1.807, 2.05) is 12.1 Å². The number of furan rings is 1. The van der Waals surface area contributed by atoms with Crippen LogP contribution in [0.5, 0.6) is 0 Å². The largest absolute Gasteiger partial charge is 0.455 e. The van der Waals surface area contributed by atoms with Crippen LogP contribution in [0.4, 0.5) is 0 Å². The Balaban J connectivity index is 1.13. The number of rotatable bonds is 3. The van der Waals surface area contributed by atoms with E-state index >= 15 is 0 Å². The topological polar surface area (TPSA) is 23.0 Å². The molecule has 8 aromatic carbocycles. The molecule has 0 saturated carbocycles. The zero-order chi connectivity index (χ0) is 32.1. The van der Waals surface area contributed by atoms with Crippen molar-refractivity contribution in [2.24, 2.45) is 0 Å². The molecule has 11 rings (SSSR count). The summed E-state index contributed by atoms with van der Waals surface area (Å²) in [5, 5.41) is 9.75. The number of hydrogen-bond donors (Lipinski definition) is 0. The SMILES string of the molecule is c1ccc2cc(-n3c4ccccc4c4cc5c(cc43)c3ccccc3n5-c3ccc(-c4cccc5c4oc4ccccc45)cc3)ccc2c1. The quantitative estimate of drug-likeness (QED) is 0.192. The summed E-state index contributed by atoms with van der Waals surface area (Å²) in [5.74, 6) is 0. The molecule has 0 aliphatic rings. The van der Waals surface area contributed by atoms with E-state index in [-0.39, 0.29) is 0 Å². The monoisotopic (exact) mass is 624 g/mol. The van der Waals surface area contributed by atoms with E-state index in [0.717, 1.165) is 38.8 Å². The Labute approximate surface area is 281 Å². The van der Waals surface area contributed by atoms with Gasteiger partial charge in [0.1, 0.15) is 11.2 Å². The summed E-state index contributed by atoms with van der Waals surface area (Å²) in [6, 6.07) is 61.3. The summed E-state index contributed by atoms with van der Waals surface area (Å²) >= 11 is 0. The van der Waals surface area contributed by atoms with Crippen LogP contribution in [0.15, 0.2) is 174 Å². The maximum Gasteiger partial charge on any atom is 0.143 e. The van der Waals surface area contributed by atoms with Gasteiger partial charge in [-0.1, -0.05) is 115 Å². The van der Waals surface area contributed by atoms with Crippen molar-refractivity contribution in [1.29, 1.82) is 0 Å². The number of aromatic nitrogens is 2. The maximum absolute atomic E-state index is 6.38. The van der Waals surface area contributed by atoms with E-state index in [0.29, 0.717) is 0 Å². The van der Waals surface area contributed by atoms with E-state index in [1.54, 1.807) is 0 Å². The van der Waals surface area contributed by atoms with Gasteiger partial charge < -0.3 is 13.6 Å². The minimum absolute atomic E-state index is 0.917. The first-order valence-corrected chi connectivity index (χ1v) is 16.8. The van der Waals surface area contributed by atoms with E-state index < -0.39 is 0 Å². The Morgan fingerprint density at radius 1 is 0.347 bits per heavy atom. The van der Waals surface area contributed by atoms with E-state index in [2.05, 4.69) is 167 Å². The van der Waals surface area contributed by atoms with E-state index in [1.165, 1.54) is 60.1 Å². The molecule has 49 heavy (non-hydrogen) atoms. The molecule has 0 bridgehead atoms. The van der Waals surface area contributed by atoms with Gasteiger partial charge >= 0.3 is 0 Å². The minimum atomic E-state index is 0.917. The Morgan fingerprint density at radius 2 is 0.918 bits per heavy atom. The Morgan fingerprint density at radius 3 is 1.65 bits per heavy atom. The molecular formula is C46H28N2O. The molecule has 0 amide bonds. The van der Waals surface area contributed by atoms with Crippen molar-refractivity contribution in [1.82, 2.24) is 9.13 Å². The second-order valence-corrected chi connectivity index (χ2v) is 13.0. The maximum atomic E-state index is 6.38. The zero-order valence-electron chi connectivity index (χ0n) is 26.5. The van der Waals surface area contributed by atoms with Crippen molar-refractivity contribution < 1.29 is 4.42 Å². The lowest BCUT2D eigenvalue weighted by molar-refractivity contribution is 0.670. The van der Waals surface area contributed by atoms with Crippen LogP contribution in [0.1, 0.15) is 0 Å². The van der Waals surface area contributed by atoms with Crippen LogP contribution >= 0.6 is 0 Å². The third kappa shape index (κ3) is 3.78. The molecular weight excluding hydrogens is 597 g/mol. The van der Waals surface area contributed by atoms with Crippen molar-refractivity contribution >= 4 is 76.3 Å². The van der Waals surface area contributed by atoms with Gasteiger partial charge in [-0.05, 0) is 70.9 Å². The van der Waals surface area contributed by atoms with Crippen LogP contribution in [0, 0.1) is 0 Å². The van der Waals surface area contributed by atoms with Gasteiger partial charge in [0.15, 0.2) is 0 Å². The molecule has 3 aromatic heterocycles. The first-order chi connectivity index (χ1) is 24.3. The molecule has 0 N–H and O–H groups in total. The molecule has 3 nitrogen and oxygen atoms in total. The summed E-state index contributed by atoms with van der Waals surface area (Å²) in [7, 11) is 0. The van der Waals surface area contributed by atoms with Crippen molar-refractivity contribution in [3.8, 4) is 22.5 Å². The first-order valence-electron chi connectivity index (χ1n) is 16.8. The summed E-state index contributed by atoms with van der Waals surface area (Å²) in [5.41, 5.74) is 11.2. The van der Waals surface area contributed by atoms with Crippen LogP contribution in [-0.2, 0) is 0 Å². The predicted octanol–water partition coefficient (Wildman–Crippen LogP) is 12.6. The third-order valence-corrected chi connectivity index (χ3v) is 10.3. The Hall–Kier alpha value is -6.58. The summed E-state index contributed by atoms with van der Waals surface area (Å²) in [4.78, 5) is 0. The summed E-state index contributed by atoms with van der Waals surface area (Å²) in [6.45, 7) is 0. The molecule has 11 aromatic rings. The van der Waals surface area contributed by atoms with Gasteiger partial charge in [-0.15, -0.1) is 0 Å². The highest BCUT2D eigenvalue weighted by Gasteiger charge is 2.19. The summed E-state index contributed by atoms with van der Waals surface area (Å²) in [6.07, 6.45) is 0. The number of fused-ring (bicyclic) bond motifs is 10. The molecule has 3 heterocycles. The number of para-hydroxylation sites is 4. The smallest absolute Gasteiger partial charge is 0.143 e. The molecule has 0 fully saturated rings. The number of nitrogens with zero attached hydrogens (tertiary/aromatic N) is 2. The van der Waals surface area contributed by atoms with Crippen molar-refractivity contribution in [3.05, 3.63) is 170 Å². The second-order valence-electron chi connectivity index (χ2n) is 13.0. The van der Waals surface area contributed by atoms with E-state index in [9.17, 15) is 0 Å². The molecule has 0 unspecified atom stereocenters. The molecule has 228 valence electrons. The van der Waals surface area contributed by atoms with Crippen molar-refractivity contribution in [2.45, 2.75) is 0 Å². The van der Waals surface area contributed by atoms with Gasteiger partial charge in [0.2, 0.25) is 0 Å². The zero-order valence-corrected chi connectivity index (χ0v) is 26.5. The third-order valence-electron chi connectivity index (χ3n) is 10.3. The Bertz CT molecular complexity index is 3100. The fourth-order valence-corrected chi connectivity index (χ4v) is 8.07. The highest BCUT2D eigenvalue weighted by Crippen LogP contribution is 2.41. The second kappa shape index (κ2) is 9.96. The van der Waals surface area contributed by atoms with Crippen LogP contribution in [0.2, 0.25) is 0 Å². The fraction of sp³-hybridized carbons (Fsp3) is 0. The molecule has 0 aliphatic heterocycles. The number of hydrogen-bond acceptors (Lipinski definition) is 1.